The fourth-order valence-corrected chi connectivity index (χ4v) is 2.90. The highest BCUT2D eigenvalue weighted by Crippen LogP contribution is 2.31. The first-order valence-electron chi connectivity index (χ1n) is 5.02. The van der Waals surface area contributed by atoms with Crippen molar-refractivity contribution in [2.45, 2.75) is 27.2 Å². The van der Waals surface area contributed by atoms with Crippen LogP contribution in [0.25, 0.3) is 9.75 Å². The van der Waals surface area contributed by atoms with E-state index in [0.29, 0.717) is 0 Å². The molecule has 2 rings (SSSR count). The van der Waals surface area contributed by atoms with E-state index in [9.17, 15) is 0 Å². The van der Waals surface area contributed by atoms with E-state index >= 15 is 0 Å². The summed E-state index contributed by atoms with van der Waals surface area (Å²) in [5, 5.41) is 2.13. The lowest BCUT2D eigenvalue weighted by molar-refractivity contribution is 1.19. The molecule has 0 atom stereocenters. The zero-order chi connectivity index (χ0) is 10.4. The Morgan fingerprint density at radius 2 is 1.86 bits per heavy atom. The van der Waals surface area contributed by atoms with Crippen molar-refractivity contribution in [3.63, 3.8) is 0 Å². The molecule has 0 unspecified atom stereocenters. The summed E-state index contributed by atoms with van der Waals surface area (Å²) in [5.74, 6) is 0. The van der Waals surface area contributed by atoms with Crippen LogP contribution in [0.2, 0.25) is 0 Å². The lowest BCUT2D eigenvalue weighted by Gasteiger charge is -1.87. The number of aryl methyl sites for hydroxylation is 1. The van der Waals surface area contributed by atoms with Gasteiger partial charge in [-0.15, -0.1) is 22.7 Å². The summed E-state index contributed by atoms with van der Waals surface area (Å²) < 4.78 is 0. The summed E-state index contributed by atoms with van der Waals surface area (Å²) >= 11 is 3.71. The van der Waals surface area contributed by atoms with Gasteiger partial charge in [-0.25, -0.2) is 0 Å². The maximum absolute atomic E-state index is 2.22. The third-order valence-corrected chi connectivity index (χ3v) is 4.07. The molecule has 0 radical (unpaired) electrons. The Hall–Kier alpha value is -0.600. The predicted molar refractivity (Wildman–Crippen MR) is 68.4 cm³/mol. The van der Waals surface area contributed by atoms with Gasteiger partial charge in [0.15, 0.2) is 0 Å². The van der Waals surface area contributed by atoms with E-state index < -0.39 is 0 Å². The molecule has 0 N–H and O–H groups in total. The molecule has 0 amide bonds. The molecule has 0 fully saturated rings. The highest BCUT2D eigenvalue weighted by Gasteiger charge is 2.01. The Labute approximate surface area is 94.2 Å². The highest BCUT2D eigenvalue weighted by molar-refractivity contribution is 7.21. The second kappa shape index (κ2) is 5.99. The number of hydrogen-bond acceptors (Lipinski definition) is 2. The average molecular weight is 224 g/mol. The summed E-state index contributed by atoms with van der Waals surface area (Å²) in [5.41, 5.74) is 0. The lowest BCUT2D eigenvalue weighted by Crippen LogP contribution is -1.63. The summed E-state index contributed by atoms with van der Waals surface area (Å²) in [6, 6.07) is 8.72. The van der Waals surface area contributed by atoms with Crippen LogP contribution in [-0.4, -0.2) is 0 Å². The molecule has 2 aromatic rings. The smallest absolute Gasteiger partial charge is 0.0445 e. The maximum atomic E-state index is 2.22. The molecule has 0 aliphatic carbocycles. The Kier molecular flexibility index (Phi) is 4.91. The third-order valence-electron chi connectivity index (χ3n) is 1.77. The topological polar surface area (TPSA) is 0 Å². The van der Waals surface area contributed by atoms with Gasteiger partial charge in [0, 0.05) is 14.6 Å². The minimum atomic E-state index is 1.15. The van der Waals surface area contributed by atoms with Gasteiger partial charge in [-0.1, -0.05) is 26.8 Å². The number of thiophene rings is 2. The predicted octanol–water partition coefficient (Wildman–Crippen LogP) is 5.07. The number of rotatable bonds is 2. The van der Waals surface area contributed by atoms with Gasteiger partial charge in [0.05, 0.1) is 0 Å². The van der Waals surface area contributed by atoms with Crippen LogP contribution in [0.5, 0.6) is 0 Å². The second-order valence-corrected chi connectivity index (χ2v) is 4.71. The molecule has 14 heavy (non-hydrogen) atoms. The summed E-state index contributed by atoms with van der Waals surface area (Å²) in [7, 11) is 0. The zero-order valence-electron chi connectivity index (χ0n) is 8.91. The van der Waals surface area contributed by atoms with Gasteiger partial charge in [0.25, 0.3) is 0 Å². The van der Waals surface area contributed by atoms with Crippen LogP contribution in [0.4, 0.5) is 0 Å². The molecular formula is C12H16S2. The molecule has 0 spiro atoms. The Morgan fingerprint density at radius 1 is 1.07 bits per heavy atom. The van der Waals surface area contributed by atoms with Crippen LogP contribution < -0.4 is 0 Å². The van der Waals surface area contributed by atoms with Crippen molar-refractivity contribution in [1.29, 1.82) is 0 Å². The first-order chi connectivity index (χ1) is 6.90. The van der Waals surface area contributed by atoms with E-state index in [2.05, 4.69) is 36.6 Å². The third kappa shape index (κ3) is 2.69. The quantitative estimate of drug-likeness (QED) is 0.668. The molecule has 76 valence electrons. The van der Waals surface area contributed by atoms with Gasteiger partial charge in [-0.2, -0.15) is 0 Å². The fourth-order valence-electron chi connectivity index (χ4n) is 1.12. The van der Waals surface area contributed by atoms with Crippen molar-refractivity contribution in [2.75, 3.05) is 0 Å². The van der Waals surface area contributed by atoms with E-state index in [4.69, 9.17) is 0 Å². The Bertz CT molecular complexity index is 344. The molecule has 2 heterocycles. The van der Waals surface area contributed by atoms with E-state index in [0.717, 1.165) is 6.42 Å². The van der Waals surface area contributed by atoms with Gasteiger partial charge in [-0.3, -0.25) is 0 Å². The first kappa shape index (κ1) is 11.5. The number of hydrogen-bond donors (Lipinski definition) is 0. The van der Waals surface area contributed by atoms with Crippen molar-refractivity contribution >= 4 is 22.7 Å². The molecule has 0 aliphatic heterocycles. The van der Waals surface area contributed by atoms with Gasteiger partial charge >= 0.3 is 0 Å². The van der Waals surface area contributed by atoms with E-state index in [1.54, 1.807) is 0 Å². The summed E-state index contributed by atoms with van der Waals surface area (Å²) in [6.07, 6.45) is 1.15. The largest absolute Gasteiger partial charge is 0.143 e. The minimum absolute atomic E-state index is 1.15. The first-order valence-corrected chi connectivity index (χ1v) is 6.72. The van der Waals surface area contributed by atoms with E-state index in [-0.39, 0.29) is 0 Å². The van der Waals surface area contributed by atoms with Crippen LogP contribution in [0.1, 0.15) is 25.6 Å². The molecule has 0 nitrogen and oxygen atoms in total. The molecule has 2 aromatic heterocycles. The lowest BCUT2D eigenvalue weighted by atomic mass is 10.3. The maximum Gasteiger partial charge on any atom is 0.0445 e. The molecule has 0 bridgehead atoms. The molecule has 0 saturated heterocycles. The second-order valence-electron chi connectivity index (χ2n) is 2.60. The molecule has 2 heteroatoms. The molecule has 0 aromatic carbocycles. The van der Waals surface area contributed by atoms with Gasteiger partial charge < -0.3 is 0 Å². The van der Waals surface area contributed by atoms with Crippen molar-refractivity contribution in [1.82, 2.24) is 0 Å². The van der Waals surface area contributed by atoms with Crippen LogP contribution in [0.15, 0.2) is 29.6 Å². The van der Waals surface area contributed by atoms with Crippen molar-refractivity contribution < 1.29 is 0 Å². The average Bonchev–Trinajstić information content (AvgIpc) is 2.91. The van der Waals surface area contributed by atoms with Crippen LogP contribution >= 0.6 is 22.7 Å². The highest BCUT2D eigenvalue weighted by atomic mass is 32.1. The fraction of sp³-hybridized carbons (Fsp3) is 0.333. The monoisotopic (exact) mass is 224 g/mol. The van der Waals surface area contributed by atoms with Crippen LogP contribution in [0.3, 0.4) is 0 Å². The van der Waals surface area contributed by atoms with Gasteiger partial charge in [0.1, 0.15) is 0 Å². The summed E-state index contributed by atoms with van der Waals surface area (Å²) in [6.45, 7) is 6.20. The standard InChI is InChI=1S/C10H10S2.C2H6/c1-2-8-5-6-10(12-8)9-4-3-7-11-9;1-2/h3-7H,2H2,1H3;1-2H3. The Balaban J connectivity index is 0.000000461. The minimum Gasteiger partial charge on any atom is -0.143 e. The zero-order valence-corrected chi connectivity index (χ0v) is 10.5. The normalized spacial score (nSPS) is 9.36. The van der Waals surface area contributed by atoms with Crippen LogP contribution in [0, 0.1) is 0 Å². The van der Waals surface area contributed by atoms with Gasteiger partial charge in [0.2, 0.25) is 0 Å². The molecule has 0 saturated carbocycles. The van der Waals surface area contributed by atoms with Crippen molar-refractivity contribution in [2.24, 2.45) is 0 Å². The van der Waals surface area contributed by atoms with E-state index in [1.807, 2.05) is 36.5 Å². The Morgan fingerprint density at radius 3 is 2.36 bits per heavy atom. The molecular weight excluding hydrogens is 208 g/mol. The van der Waals surface area contributed by atoms with Crippen molar-refractivity contribution in [3.05, 3.63) is 34.5 Å². The SMILES string of the molecule is CC.CCc1ccc(-c2cccs2)s1. The van der Waals surface area contributed by atoms with Crippen LogP contribution in [-0.2, 0) is 6.42 Å². The van der Waals surface area contributed by atoms with Gasteiger partial charge in [-0.05, 0) is 30.0 Å². The summed E-state index contributed by atoms with van der Waals surface area (Å²) in [4.78, 5) is 4.26. The molecule has 0 aliphatic rings. The van der Waals surface area contributed by atoms with E-state index in [1.165, 1.54) is 14.6 Å². The van der Waals surface area contributed by atoms with Crippen molar-refractivity contribution in [3.8, 4) is 9.75 Å².